The molecule has 0 amide bonds. The Morgan fingerprint density at radius 1 is 1.78 bits per heavy atom. The van der Waals surface area contributed by atoms with Gasteiger partial charge in [-0.2, -0.15) is 0 Å². The summed E-state index contributed by atoms with van der Waals surface area (Å²) >= 11 is 0. The van der Waals surface area contributed by atoms with Crippen molar-refractivity contribution in [3.63, 3.8) is 0 Å². The van der Waals surface area contributed by atoms with Gasteiger partial charge in [0.15, 0.2) is 0 Å². The monoisotopic (exact) mass is 127 g/mol. The van der Waals surface area contributed by atoms with E-state index in [2.05, 4.69) is 4.98 Å². The number of aliphatic hydroxyl groups excluding tert-OH is 1. The van der Waals surface area contributed by atoms with E-state index in [0.29, 0.717) is 5.89 Å². The molecular formula is C6H9NO2. The zero-order chi connectivity index (χ0) is 6.69. The highest BCUT2D eigenvalue weighted by atomic mass is 16.4. The van der Waals surface area contributed by atoms with Crippen LogP contribution in [0.3, 0.4) is 0 Å². The van der Waals surface area contributed by atoms with Gasteiger partial charge in [-0.1, -0.05) is 6.92 Å². The van der Waals surface area contributed by atoms with E-state index in [-0.39, 0.29) is 6.61 Å². The molecule has 0 aliphatic heterocycles. The molecule has 1 rings (SSSR count). The van der Waals surface area contributed by atoms with Crippen molar-refractivity contribution in [2.24, 2.45) is 0 Å². The van der Waals surface area contributed by atoms with Crippen molar-refractivity contribution in [3.05, 3.63) is 17.8 Å². The first-order valence-corrected chi connectivity index (χ1v) is 2.91. The highest BCUT2D eigenvalue weighted by Crippen LogP contribution is 2.02. The molecule has 9 heavy (non-hydrogen) atoms. The van der Waals surface area contributed by atoms with Gasteiger partial charge >= 0.3 is 0 Å². The molecule has 0 saturated heterocycles. The van der Waals surface area contributed by atoms with Crippen LogP contribution < -0.4 is 0 Å². The fourth-order valence-corrected chi connectivity index (χ4v) is 0.585. The Morgan fingerprint density at radius 3 is 2.89 bits per heavy atom. The third-order valence-electron chi connectivity index (χ3n) is 1.09. The largest absolute Gasteiger partial charge is 0.443 e. The summed E-state index contributed by atoms with van der Waals surface area (Å²) < 4.78 is 5.02. The molecule has 0 aliphatic rings. The fourth-order valence-electron chi connectivity index (χ4n) is 0.585. The van der Waals surface area contributed by atoms with E-state index < -0.39 is 0 Å². The molecule has 0 atom stereocenters. The van der Waals surface area contributed by atoms with Crippen LogP contribution in [0.1, 0.15) is 18.6 Å². The summed E-state index contributed by atoms with van der Waals surface area (Å²) in [5, 5.41) is 8.49. The van der Waals surface area contributed by atoms with Crippen LogP contribution in [0.5, 0.6) is 0 Å². The van der Waals surface area contributed by atoms with Gasteiger partial charge in [-0.25, -0.2) is 4.98 Å². The zero-order valence-electron chi connectivity index (χ0n) is 5.29. The Bertz CT molecular complexity index is 164. The number of hydrogen-bond acceptors (Lipinski definition) is 3. The van der Waals surface area contributed by atoms with Gasteiger partial charge < -0.3 is 9.52 Å². The number of aromatic nitrogens is 1. The lowest BCUT2D eigenvalue weighted by Crippen LogP contribution is -1.78. The fraction of sp³-hybridized carbons (Fsp3) is 0.500. The van der Waals surface area contributed by atoms with E-state index in [1.54, 1.807) is 6.20 Å². The van der Waals surface area contributed by atoms with E-state index in [9.17, 15) is 0 Å². The Hall–Kier alpha value is -0.830. The predicted molar refractivity (Wildman–Crippen MR) is 31.8 cm³/mol. The lowest BCUT2D eigenvalue weighted by Gasteiger charge is -1.83. The third kappa shape index (κ3) is 1.29. The van der Waals surface area contributed by atoms with Gasteiger partial charge in [0, 0.05) is 6.42 Å². The molecule has 0 saturated carbocycles. The second-order valence-electron chi connectivity index (χ2n) is 1.73. The number of hydrogen-bond donors (Lipinski definition) is 1. The Balaban J connectivity index is 2.74. The first-order valence-electron chi connectivity index (χ1n) is 2.91. The van der Waals surface area contributed by atoms with Gasteiger partial charge in [0.05, 0.1) is 6.20 Å². The number of rotatable bonds is 2. The van der Waals surface area contributed by atoms with E-state index in [1.807, 2.05) is 6.92 Å². The van der Waals surface area contributed by atoms with Gasteiger partial charge in [-0.3, -0.25) is 0 Å². The summed E-state index contributed by atoms with van der Waals surface area (Å²) in [6.45, 7) is 1.86. The van der Waals surface area contributed by atoms with E-state index >= 15 is 0 Å². The van der Waals surface area contributed by atoms with Crippen LogP contribution in [0.25, 0.3) is 0 Å². The molecule has 50 valence electrons. The Kier molecular flexibility index (Phi) is 1.85. The molecule has 0 spiro atoms. The van der Waals surface area contributed by atoms with Crippen LogP contribution >= 0.6 is 0 Å². The molecule has 3 nitrogen and oxygen atoms in total. The molecule has 1 aromatic rings. The van der Waals surface area contributed by atoms with Crippen LogP contribution in [0.2, 0.25) is 0 Å². The highest BCUT2D eigenvalue weighted by Gasteiger charge is 1.97. The normalized spacial score (nSPS) is 10.0. The molecule has 0 radical (unpaired) electrons. The average Bonchev–Trinajstić information content (AvgIpc) is 2.34. The molecule has 0 fully saturated rings. The van der Waals surface area contributed by atoms with Crippen LogP contribution in [-0.4, -0.2) is 10.1 Å². The topological polar surface area (TPSA) is 46.3 Å². The average molecular weight is 127 g/mol. The zero-order valence-corrected chi connectivity index (χ0v) is 5.29. The van der Waals surface area contributed by atoms with Crippen molar-refractivity contribution >= 4 is 0 Å². The third-order valence-corrected chi connectivity index (χ3v) is 1.09. The molecular weight excluding hydrogens is 118 g/mol. The second-order valence-corrected chi connectivity index (χ2v) is 1.73. The summed E-state index contributed by atoms with van der Waals surface area (Å²) in [7, 11) is 0. The standard InChI is InChI=1S/C6H9NO2/c1-2-5-3-7-6(4-8)9-5/h3,8H,2,4H2,1H3. The van der Waals surface area contributed by atoms with Crippen LogP contribution in [0.15, 0.2) is 10.6 Å². The van der Waals surface area contributed by atoms with Crippen LogP contribution in [0, 0.1) is 0 Å². The van der Waals surface area contributed by atoms with Gasteiger partial charge in [0.25, 0.3) is 0 Å². The van der Waals surface area contributed by atoms with Crippen molar-refractivity contribution < 1.29 is 9.52 Å². The maximum atomic E-state index is 8.49. The second kappa shape index (κ2) is 2.64. The highest BCUT2D eigenvalue weighted by molar-refractivity contribution is 4.92. The maximum absolute atomic E-state index is 8.49. The molecule has 0 unspecified atom stereocenters. The Morgan fingerprint density at radius 2 is 2.56 bits per heavy atom. The number of aliphatic hydroxyl groups is 1. The lowest BCUT2D eigenvalue weighted by atomic mass is 10.4. The number of nitrogens with zero attached hydrogens (tertiary/aromatic N) is 1. The van der Waals surface area contributed by atoms with Crippen LogP contribution in [0.4, 0.5) is 0 Å². The van der Waals surface area contributed by atoms with E-state index in [4.69, 9.17) is 9.52 Å². The minimum atomic E-state index is -0.111. The summed E-state index contributed by atoms with van der Waals surface area (Å²) in [5.41, 5.74) is 0. The smallest absolute Gasteiger partial charge is 0.220 e. The lowest BCUT2D eigenvalue weighted by molar-refractivity contribution is 0.237. The van der Waals surface area contributed by atoms with Crippen LogP contribution in [-0.2, 0) is 13.0 Å². The molecule has 1 heterocycles. The molecule has 0 aromatic carbocycles. The SMILES string of the molecule is CCc1cnc(CO)o1. The molecule has 1 aromatic heterocycles. The van der Waals surface area contributed by atoms with E-state index in [0.717, 1.165) is 12.2 Å². The molecule has 0 aliphatic carbocycles. The van der Waals surface area contributed by atoms with Gasteiger partial charge in [-0.05, 0) is 0 Å². The summed E-state index contributed by atoms with van der Waals surface area (Å²) in [5.74, 6) is 1.21. The van der Waals surface area contributed by atoms with Gasteiger partial charge in [-0.15, -0.1) is 0 Å². The van der Waals surface area contributed by atoms with Gasteiger partial charge in [0.1, 0.15) is 12.4 Å². The molecule has 1 N–H and O–H groups in total. The summed E-state index contributed by atoms with van der Waals surface area (Å²) in [6.07, 6.45) is 2.46. The number of aryl methyl sites for hydroxylation is 1. The first kappa shape index (κ1) is 6.29. The van der Waals surface area contributed by atoms with Crippen molar-refractivity contribution in [2.75, 3.05) is 0 Å². The van der Waals surface area contributed by atoms with Crippen molar-refractivity contribution in [1.29, 1.82) is 0 Å². The minimum absolute atomic E-state index is 0.111. The minimum Gasteiger partial charge on any atom is -0.443 e. The van der Waals surface area contributed by atoms with Gasteiger partial charge in [0.2, 0.25) is 5.89 Å². The maximum Gasteiger partial charge on any atom is 0.220 e. The number of oxazole rings is 1. The summed E-state index contributed by atoms with van der Waals surface area (Å²) in [4.78, 5) is 3.79. The Labute approximate surface area is 53.3 Å². The van der Waals surface area contributed by atoms with E-state index in [1.165, 1.54) is 0 Å². The first-order chi connectivity index (χ1) is 4.36. The quantitative estimate of drug-likeness (QED) is 0.637. The van der Waals surface area contributed by atoms with Crippen molar-refractivity contribution in [2.45, 2.75) is 20.0 Å². The summed E-state index contributed by atoms with van der Waals surface area (Å²) in [6, 6.07) is 0. The predicted octanol–water partition coefficient (Wildman–Crippen LogP) is 0.729. The van der Waals surface area contributed by atoms with Crippen molar-refractivity contribution in [3.8, 4) is 0 Å². The molecule has 3 heteroatoms. The van der Waals surface area contributed by atoms with Crippen molar-refractivity contribution in [1.82, 2.24) is 4.98 Å². The molecule has 0 bridgehead atoms.